The maximum absolute atomic E-state index is 14.7. The molecule has 0 fully saturated rings. The molecule has 0 saturated carbocycles. The van der Waals surface area contributed by atoms with Gasteiger partial charge >= 0.3 is 0 Å². The maximum Gasteiger partial charge on any atom is 0.272 e. The molecule has 4 N–H and O–H groups in total. The fourth-order valence-corrected chi connectivity index (χ4v) is 4.13. The second-order valence-corrected chi connectivity index (χ2v) is 8.94. The van der Waals surface area contributed by atoms with Crippen LogP contribution in [0.1, 0.15) is 26.4 Å². The third-order valence-corrected chi connectivity index (χ3v) is 6.11. The summed E-state index contributed by atoms with van der Waals surface area (Å²) in [6.45, 7) is 0.170. The van der Waals surface area contributed by atoms with Crippen molar-refractivity contribution in [3.05, 3.63) is 119 Å². The molecular formula is C28H20ClF2N7O2. The molecule has 200 valence electrons. The van der Waals surface area contributed by atoms with Gasteiger partial charge in [0.05, 0.1) is 16.3 Å². The lowest BCUT2D eigenvalue weighted by Crippen LogP contribution is -2.23. The first-order valence-corrected chi connectivity index (χ1v) is 12.2. The minimum atomic E-state index is -0.844. The number of hydrogen-bond donors (Lipinski definition) is 3. The van der Waals surface area contributed by atoms with Crippen molar-refractivity contribution >= 4 is 35.1 Å². The molecule has 0 saturated heterocycles. The number of aromatic nitrogens is 4. The highest BCUT2D eigenvalue weighted by atomic mass is 35.5. The topological polar surface area (TPSA) is 128 Å². The van der Waals surface area contributed by atoms with Crippen LogP contribution >= 0.6 is 11.6 Å². The Balaban J connectivity index is 1.46. The van der Waals surface area contributed by atoms with E-state index in [-0.39, 0.29) is 39.9 Å². The molecule has 0 spiro atoms. The second kappa shape index (κ2) is 11.3. The lowest BCUT2D eigenvalue weighted by Gasteiger charge is -2.11. The SMILES string of the molecule is Nc1cc(CNC(=O)c2cc(NC(=O)c3cc(-c4ncccc4F)c(F)cc3Cl)n(-c3ccccc3)n2)ccn1. The van der Waals surface area contributed by atoms with E-state index >= 15 is 0 Å². The highest BCUT2D eigenvalue weighted by Crippen LogP contribution is 2.30. The fourth-order valence-electron chi connectivity index (χ4n) is 3.90. The Morgan fingerprint density at radius 2 is 1.70 bits per heavy atom. The molecule has 2 amide bonds. The molecule has 5 aromatic rings. The quantitative estimate of drug-likeness (QED) is 0.257. The van der Waals surface area contributed by atoms with Gasteiger partial charge in [0.25, 0.3) is 11.8 Å². The van der Waals surface area contributed by atoms with Crippen molar-refractivity contribution in [2.75, 3.05) is 11.1 Å². The lowest BCUT2D eigenvalue weighted by molar-refractivity contribution is 0.0944. The second-order valence-electron chi connectivity index (χ2n) is 8.53. The minimum Gasteiger partial charge on any atom is -0.384 e. The molecule has 3 heterocycles. The number of benzene rings is 2. The van der Waals surface area contributed by atoms with E-state index in [9.17, 15) is 18.4 Å². The van der Waals surface area contributed by atoms with Gasteiger partial charge in [-0.25, -0.2) is 18.4 Å². The summed E-state index contributed by atoms with van der Waals surface area (Å²) in [5.74, 6) is -2.39. The molecule has 0 radical (unpaired) electrons. The minimum absolute atomic E-state index is 0.0163. The first-order valence-electron chi connectivity index (χ1n) is 11.9. The van der Waals surface area contributed by atoms with Crippen LogP contribution in [0.4, 0.5) is 20.4 Å². The zero-order valence-electron chi connectivity index (χ0n) is 20.6. The van der Waals surface area contributed by atoms with Crippen molar-refractivity contribution in [1.82, 2.24) is 25.1 Å². The normalized spacial score (nSPS) is 10.8. The average molecular weight is 560 g/mol. The van der Waals surface area contributed by atoms with E-state index in [0.29, 0.717) is 11.5 Å². The van der Waals surface area contributed by atoms with Crippen molar-refractivity contribution in [2.45, 2.75) is 6.54 Å². The molecular weight excluding hydrogens is 540 g/mol. The van der Waals surface area contributed by atoms with Crippen LogP contribution in [-0.4, -0.2) is 31.6 Å². The number of pyridine rings is 2. The predicted molar refractivity (Wildman–Crippen MR) is 146 cm³/mol. The smallest absolute Gasteiger partial charge is 0.272 e. The third-order valence-electron chi connectivity index (χ3n) is 5.80. The average Bonchev–Trinajstić information content (AvgIpc) is 3.36. The summed E-state index contributed by atoms with van der Waals surface area (Å²) in [4.78, 5) is 34.1. The molecule has 0 aliphatic rings. The summed E-state index contributed by atoms with van der Waals surface area (Å²) in [7, 11) is 0. The van der Waals surface area contributed by atoms with Crippen LogP contribution in [0.2, 0.25) is 5.02 Å². The number of para-hydroxylation sites is 1. The van der Waals surface area contributed by atoms with E-state index in [0.717, 1.165) is 23.8 Å². The fraction of sp³-hybridized carbons (Fsp3) is 0.0357. The van der Waals surface area contributed by atoms with Gasteiger partial charge in [-0.1, -0.05) is 29.8 Å². The molecule has 40 heavy (non-hydrogen) atoms. The van der Waals surface area contributed by atoms with Crippen LogP contribution in [0.15, 0.2) is 85.2 Å². The molecule has 3 aromatic heterocycles. The number of hydrogen-bond acceptors (Lipinski definition) is 6. The summed E-state index contributed by atoms with van der Waals surface area (Å²) >= 11 is 6.20. The number of nitrogens with two attached hydrogens (primary N) is 1. The van der Waals surface area contributed by atoms with E-state index in [1.165, 1.54) is 29.2 Å². The Labute approximate surface area is 231 Å². The first kappa shape index (κ1) is 26.4. The van der Waals surface area contributed by atoms with E-state index in [4.69, 9.17) is 17.3 Å². The van der Waals surface area contributed by atoms with Gasteiger partial charge in [-0.3, -0.25) is 14.6 Å². The largest absolute Gasteiger partial charge is 0.384 e. The Hall–Kier alpha value is -5.16. The van der Waals surface area contributed by atoms with E-state index in [2.05, 4.69) is 25.7 Å². The Morgan fingerprint density at radius 3 is 2.45 bits per heavy atom. The number of anilines is 2. The van der Waals surface area contributed by atoms with Crippen LogP contribution in [0.3, 0.4) is 0 Å². The van der Waals surface area contributed by atoms with Crippen LogP contribution in [-0.2, 0) is 6.54 Å². The number of nitrogens with one attached hydrogen (secondary N) is 2. The predicted octanol–water partition coefficient (Wildman–Crippen LogP) is 5.03. The van der Waals surface area contributed by atoms with Gasteiger partial charge in [-0.2, -0.15) is 5.10 Å². The Bertz CT molecular complexity index is 1730. The summed E-state index contributed by atoms with van der Waals surface area (Å²) in [5, 5.41) is 9.59. The Kier molecular flexibility index (Phi) is 7.47. The summed E-state index contributed by atoms with van der Waals surface area (Å²) in [6.07, 6.45) is 2.84. The molecule has 9 nitrogen and oxygen atoms in total. The zero-order chi connectivity index (χ0) is 28.2. The summed E-state index contributed by atoms with van der Waals surface area (Å²) in [6, 6.07) is 18.1. The molecule has 0 aliphatic carbocycles. The summed E-state index contributed by atoms with van der Waals surface area (Å²) < 4.78 is 30.4. The van der Waals surface area contributed by atoms with Crippen LogP contribution in [0.25, 0.3) is 16.9 Å². The van der Waals surface area contributed by atoms with Gasteiger partial charge in [0.2, 0.25) is 0 Å². The number of halogens is 3. The van der Waals surface area contributed by atoms with E-state index in [1.54, 1.807) is 42.5 Å². The van der Waals surface area contributed by atoms with Crippen LogP contribution < -0.4 is 16.4 Å². The van der Waals surface area contributed by atoms with Gasteiger partial charge in [-0.05, 0) is 54.1 Å². The van der Waals surface area contributed by atoms with Crippen molar-refractivity contribution < 1.29 is 18.4 Å². The van der Waals surface area contributed by atoms with Crippen LogP contribution in [0, 0.1) is 11.6 Å². The number of amides is 2. The van der Waals surface area contributed by atoms with Gasteiger partial charge < -0.3 is 16.4 Å². The van der Waals surface area contributed by atoms with E-state index in [1.807, 2.05) is 0 Å². The molecule has 0 bridgehead atoms. The van der Waals surface area contributed by atoms with Crippen molar-refractivity contribution in [1.29, 1.82) is 0 Å². The number of nitrogens with zero attached hydrogens (tertiary/aromatic N) is 4. The number of carbonyl (C=O) groups is 2. The van der Waals surface area contributed by atoms with Gasteiger partial charge in [0.1, 0.15) is 29.0 Å². The molecule has 0 aliphatic heterocycles. The van der Waals surface area contributed by atoms with Gasteiger partial charge in [0, 0.05) is 30.6 Å². The molecule has 12 heteroatoms. The number of rotatable bonds is 7. The number of carbonyl (C=O) groups excluding carboxylic acids is 2. The van der Waals surface area contributed by atoms with Crippen molar-refractivity contribution in [3.8, 4) is 16.9 Å². The molecule has 5 rings (SSSR count). The van der Waals surface area contributed by atoms with Crippen molar-refractivity contribution in [2.24, 2.45) is 0 Å². The lowest BCUT2D eigenvalue weighted by atomic mass is 10.1. The van der Waals surface area contributed by atoms with Gasteiger partial charge in [-0.15, -0.1) is 0 Å². The maximum atomic E-state index is 14.7. The Morgan fingerprint density at radius 1 is 0.900 bits per heavy atom. The van der Waals surface area contributed by atoms with Gasteiger partial charge in [0.15, 0.2) is 5.69 Å². The number of nitrogen functional groups attached to an aromatic ring is 1. The van der Waals surface area contributed by atoms with E-state index < -0.39 is 23.4 Å². The molecule has 2 aromatic carbocycles. The highest BCUT2D eigenvalue weighted by Gasteiger charge is 2.22. The van der Waals surface area contributed by atoms with Crippen LogP contribution in [0.5, 0.6) is 0 Å². The standard InChI is InChI=1S/C28H20ClF2N7O2/c29-20-13-22(31)19(26-21(30)7-4-9-34-26)12-18(20)27(39)36-25-14-23(37-38(25)17-5-2-1-3-6-17)28(40)35-15-16-8-10-33-24(32)11-16/h1-14H,15H2,(H2,32,33)(H,35,40)(H,36,39). The molecule has 0 unspecified atom stereocenters. The van der Waals surface area contributed by atoms with Crippen molar-refractivity contribution in [3.63, 3.8) is 0 Å². The highest BCUT2D eigenvalue weighted by molar-refractivity contribution is 6.34. The zero-order valence-corrected chi connectivity index (χ0v) is 21.4. The molecule has 0 atom stereocenters. The third kappa shape index (κ3) is 5.64. The first-order chi connectivity index (χ1) is 19.3. The monoisotopic (exact) mass is 559 g/mol. The summed E-state index contributed by atoms with van der Waals surface area (Å²) in [5.41, 5.74) is 6.37.